The van der Waals surface area contributed by atoms with Gasteiger partial charge < -0.3 is 19.2 Å². The minimum atomic E-state index is -0.984. The van der Waals surface area contributed by atoms with E-state index in [2.05, 4.69) is 5.32 Å². The Hall–Kier alpha value is -2.54. The molecule has 1 saturated carbocycles. The second-order valence-corrected chi connectivity index (χ2v) is 9.29. The van der Waals surface area contributed by atoms with E-state index < -0.39 is 5.54 Å². The zero-order valence-corrected chi connectivity index (χ0v) is 17.3. The Kier molecular flexibility index (Phi) is 4.50. The van der Waals surface area contributed by atoms with Crippen molar-refractivity contribution >= 4 is 33.4 Å². The van der Waals surface area contributed by atoms with Crippen LogP contribution in [0.15, 0.2) is 40.3 Å². The fourth-order valence-corrected chi connectivity index (χ4v) is 5.49. The van der Waals surface area contributed by atoms with Crippen molar-refractivity contribution in [2.45, 2.75) is 63.7 Å². The smallest absolute Gasteiger partial charge is 0.271 e. The molecule has 0 aromatic carbocycles. The van der Waals surface area contributed by atoms with E-state index in [4.69, 9.17) is 4.42 Å². The fraction of sp³-hybridized carbons (Fsp3) is 0.455. The molecule has 6 nitrogen and oxygen atoms in total. The molecule has 0 spiro atoms. The first-order chi connectivity index (χ1) is 14.1. The van der Waals surface area contributed by atoms with Gasteiger partial charge in [-0.15, -0.1) is 11.3 Å². The number of carbonyl (C=O) groups is 2. The number of fused-ring (bicyclic) bond motifs is 3. The predicted octanol–water partition coefficient (Wildman–Crippen LogP) is 4.16. The van der Waals surface area contributed by atoms with Gasteiger partial charge in [0.2, 0.25) is 5.91 Å². The normalized spacial score (nSPS) is 22.8. The minimum absolute atomic E-state index is 0.0768. The number of nitrogens with one attached hydrogen (secondary N) is 1. The molecule has 0 bridgehead atoms. The summed E-state index contributed by atoms with van der Waals surface area (Å²) in [5.41, 5.74) is 0.677. The van der Waals surface area contributed by atoms with Crippen LogP contribution in [0.4, 0.5) is 0 Å². The highest BCUT2D eigenvalue weighted by atomic mass is 32.1. The van der Waals surface area contributed by atoms with Gasteiger partial charge >= 0.3 is 0 Å². The first-order valence-corrected chi connectivity index (χ1v) is 11.2. The van der Waals surface area contributed by atoms with Gasteiger partial charge in [-0.25, -0.2) is 0 Å². The van der Waals surface area contributed by atoms with Gasteiger partial charge in [-0.1, -0.05) is 19.3 Å². The SMILES string of the molecule is CC1(C(=O)NC2CCCCC2)Cn2c(cc3sccc32)C(=O)N1Cc1ccco1. The van der Waals surface area contributed by atoms with E-state index in [-0.39, 0.29) is 24.4 Å². The third-order valence-corrected chi connectivity index (χ3v) is 7.23. The topological polar surface area (TPSA) is 67.5 Å². The molecule has 152 valence electrons. The quantitative estimate of drug-likeness (QED) is 0.701. The van der Waals surface area contributed by atoms with E-state index >= 15 is 0 Å². The predicted molar refractivity (Wildman–Crippen MR) is 112 cm³/mol. The lowest BCUT2D eigenvalue weighted by Gasteiger charge is -2.44. The van der Waals surface area contributed by atoms with Gasteiger partial charge in [0, 0.05) is 6.04 Å². The number of hydrogen-bond acceptors (Lipinski definition) is 4. The highest BCUT2D eigenvalue weighted by Gasteiger charge is 2.48. The summed E-state index contributed by atoms with van der Waals surface area (Å²) in [5, 5.41) is 5.27. The Morgan fingerprint density at radius 1 is 1.31 bits per heavy atom. The number of carbonyl (C=O) groups excluding carboxylic acids is 2. The monoisotopic (exact) mass is 411 g/mol. The van der Waals surface area contributed by atoms with Gasteiger partial charge in [-0.3, -0.25) is 9.59 Å². The molecule has 0 radical (unpaired) electrons. The summed E-state index contributed by atoms with van der Waals surface area (Å²) in [4.78, 5) is 28.7. The molecular formula is C22H25N3O3S. The Morgan fingerprint density at radius 3 is 2.90 bits per heavy atom. The number of furan rings is 1. The number of hydrogen-bond donors (Lipinski definition) is 1. The number of thiophene rings is 1. The van der Waals surface area contributed by atoms with Gasteiger partial charge in [-0.2, -0.15) is 0 Å². The van der Waals surface area contributed by atoms with Crippen LogP contribution >= 0.6 is 11.3 Å². The van der Waals surface area contributed by atoms with Crippen LogP contribution in [-0.2, 0) is 17.9 Å². The van der Waals surface area contributed by atoms with Crippen LogP contribution in [0.3, 0.4) is 0 Å². The lowest BCUT2D eigenvalue weighted by molar-refractivity contribution is -0.134. The van der Waals surface area contributed by atoms with Crippen molar-refractivity contribution in [1.82, 2.24) is 14.8 Å². The molecule has 1 unspecified atom stereocenters. The largest absolute Gasteiger partial charge is 0.467 e. The van der Waals surface area contributed by atoms with Crippen molar-refractivity contribution in [3.05, 3.63) is 47.4 Å². The lowest BCUT2D eigenvalue weighted by Crippen LogP contribution is -2.64. The molecular weight excluding hydrogens is 386 g/mol. The van der Waals surface area contributed by atoms with Crippen molar-refractivity contribution in [2.24, 2.45) is 0 Å². The van der Waals surface area contributed by atoms with E-state index in [1.54, 1.807) is 22.5 Å². The molecule has 4 heterocycles. The van der Waals surface area contributed by atoms with Crippen molar-refractivity contribution in [1.29, 1.82) is 0 Å². The Balaban J connectivity index is 1.53. The first kappa shape index (κ1) is 18.5. The number of nitrogens with zero attached hydrogens (tertiary/aromatic N) is 2. The van der Waals surface area contributed by atoms with Crippen LogP contribution in [0.1, 0.15) is 55.3 Å². The Bertz CT molecular complexity index is 1040. The summed E-state index contributed by atoms with van der Waals surface area (Å²) in [6.45, 7) is 2.60. The number of aromatic nitrogens is 1. The van der Waals surface area contributed by atoms with E-state index in [0.29, 0.717) is 18.0 Å². The van der Waals surface area contributed by atoms with Gasteiger partial charge in [0.15, 0.2) is 0 Å². The molecule has 1 atom stereocenters. The highest BCUT2D eigenvalue weighted by molar-refractivity contribution is 7.17. The first-order valence-electron chi connectivity index (χ1n) is 10.3. The van der Waals surface area contributed by atoms with Crippen molar-refractivity contribution < 1.29 is 14.0 Å². The summed E-state index contributed by atoms with van der Waals surface area (Å²) >= 11 is 1.62. The molecule has 5 rings (SSSR count). The highest BCUT2D eigenvalue weighted by Crippen LogP contribution is 2.35. The van der Waals surface area contributed by atoms with Crippen LogP contribution in [-0.4, -0.2) is 32.9 Å². The maximum absolute atomic E-state index is 13.5. The van der Waals surface area contributed by atoms with Crippen molar-refractivity contribution in [2.75, 3.05) is 0 Å². The molecule has 3 aromatic heterocycles. The van der Waals surface area contributed by atoms with Gasteiger partial charge in [-0.05, 0) is 49.4 Å². The summed E-state index contributed by atoms with van der Waals surface area (Å²) < 4.78 is 8.59. The van der Waals surface area contributed by atoms with E-state index in [1.807, 2.05) is 41.1 Å². The van der Waals surface area contributed by atoms with Crippen LogP contribution in [0.2, 0.25) is 0 Å². The van der Waals surface area contributed by atoms with E-state index in [0.717, 1.165) is 35.9 Å². The molecule has 2 amide bonds. The van der Waals surface area contributed by atoms with Gasteiger partial charge in [0.25, 0.3) is 5.91 Å². The van der Waals surface area contributed by atoms with Crippen LogP contribution in [0, 0.1) is 0 Å². The minimum Gasteiger partial charge on any atom is -0.467 e. The van der Waals surface area contributed by atoms with E-state index in [9.17, 15) is 9.59 Å². The Labute approximate surface area is 173 Å². The Morgan fingerprint density at radius 2 is 2.14 bits per heavy atom. The molecule has 1 aliphatic heterocycles. The van der Waals surface area contributed by atoms with Gasteiger partial charge in [0.05, 0.1) is 29.6 Å². The second-order valence-electron chi connectivity index (χ2n) is 8.34. The average molecular weight is 412 g/mol. The van der Waals surface area contributed by atoms with Crippen LogP contribution < -0.4 is 5.32 Å². The molecule has 1 fully saturated rings. The second kappa shape index (κ2) is 7.06. The summed E-state index contributed by atoms with van der Waals surface area (Å²) in [5.74, 6) is 0.473. The fourth-order valence-electron chi connectivity index (χ4n) is 4.67. The van der Waals surface area contributed by atoms with Gasteiger partial charge in [0.1, 0.15) is 17.0 Å². The third kappa shape index (κ3) is 3.08. The summed E-state index contributed by atoms with van der Waals surface area (Å²) in [6.07, 6.45) is 7.15. The molecule has 29 heavy (non-hydrogen) atoms. The third-order valence-electron chi connectivity index (χ3n) is 6.37. The van der Waals surface area contributed by atoms with Crippen LogP contribution in [0.25, 0.3) is 10.2 Å². The zero-order valence-electron chi connectivity index (χ0n) is 16.5. The van der Waals surface area contributed by atoms with Crippen LogP contribution in [0.5, 0.6) is 0 Å². The standard InChI is InChI=1S/C22H25N3O3S/c1-22(21(27)23-15-6-3-2-4-7-15)14-24-17-9-11-29-19(17)12-18(24)20(26)25(22)13-16-8-5-10-28-16/h5,8-12,15H,2-4,6-7,13-14H2,1H3,(H,23,27). The van der Waals surface area contributed by atoms with E-state index in [1.165, 1.54) is 6.42 Å². The maximum atomic E-state index is 13.5. The molecule has 1 aliphatic carbocycles. The summed E-state index contributed by atoms with van der Waals surface area (Å²) in [7, 11) is 0. The molecule has 2 aliphatic rings. The molecule has 1 N–H and O–H groups in total. The maximum Gasteiger partial charge on any atom is 0.271 e. The molecule has 0 saturated heterocycles. The average Bonchev–Trinajstić information content (AvgIpc) is 3.45. The number of amides is 2. The summed E-state index contributed by atoms with van der Waals surface area (Å²) in [6, 6.07) is 7.82. The molecule has 3 aromatic rings. The number of rotatable bonds is 4. The zero-order chi connectivity index (χ0) is 20.0. The molecule has 7 heteroatoms. The van der Waals surface area contributed by atoms with Crippen molar-refractivity contribution in [3.63, 3.8) is 0 Å². The lowest BCUT2D eigenvalue weighted by atomic mass is 9.91. The van der Waals surface area contributed by atoms with Crippen molar-refractivity contribution in [3.8, 4) is 0 Å².